The maximum Gasteiger partial charge on any atom is 0.165 e. The lowest BCUT2D eigenvalue weighted by Crippen LogP contribution is -1.89. The molecule has 0 amide bonds. The van der Waals surface area contributed by atoms with Crippen molar-refractivity contribution < 1.29 is 24.8 Å². The number of aromatic hydroxyl groups is 3. The Labute approximate surface area is 120 Å². The summed E-state index contributed by atoms with van der Waals surface area (Å²) in [6.45, 7) is 0. The Bertz CT molecular complexity index is 855. The Morgan fingerprint density at radius 1 is 0.810 bits per heavy atom. The van der Waals surface area contributed by atoms with Crippen molar-refractivity contribution in [2.75, 3.05) is 14.2 Å². The van der Waals surface area contributed by atoms with E-state index < -0.39 is 0 Å². The van der Waals surface area contributed by atoms with E-state index >= 15 is 0 Å². The Balaban J connectivity index is 2.56. The van der Waals surface area contributed by atoms with Gasteiger partial charge in [0.2, 0.25) is 0 Å². The van der Waals surface area contributed by atoms with Gasteiger partial charge in [-0.2, -0.15) is 0 Å². The quantitative estimate of drug-likeness (QED) is 0.498. The van der Waals surface area contributed by atoms with Gasteiger partial charge in [0.15, 0.2) is 11.5 Å². The van der Waals surface area contributed by atoms with E-state index in [9.17, 15) is 15.3 Å². The smallest absolute Gasteiger partial charge is 0.165 e. The van der Waals surface area contributed by atoms with E-state index in [1.54, 1.807) is 18.2 Å². The molecule has 0 atom stereocenters. The highest BCUT2D eigenvalue weighted by Gasteiger charge is 2.17. The molecule has 3 aromatic carbocycles. The molecule has 0 aliphatic carbocycles. The maximum atomic E-state index is 10.3. The average Bonchev–Trinajstić information content (AvgIpc) is 2.49. The summed E-state index contributed by atoms with van der Waals surface area (Å²) in [5.74, 6) is 0.389. The summed E-state index contributed by atoms with van der Waals surface area (Å²) in [6, 6.07) is 7.98. The molecule has 3 rings (SSSR count). The lowest BCUT2D eigenvalue weighted by Gasteiger charge is -2.13. The van der Waals surface area contributed by atoms with Crippen LogP contribution >= 0.6 is 0 Å². The van der Waals surface area contributed by atoms with Crippen molar-refractivity contribution in [1.29, 1.82) is 0 Å². The third-order valence-electron chi connectivity index (χ3n) is 3.54. The van der Waals surface area contributed by atoms with Crippen LogP contribution in [0.3, 0.4) is 0 Å². The molecule has 3 N–H and O–H groups in total. The zero-order chi connectivity index (χ0) is 15.1. The van der Waals surface area contributed by atoms with E-state index in [0.717, 1.165) is 5.39 Å². The number of benzene rings is 3. The van der Waals surface area contributed by atoms with Gasteiger partial charge in [0.05, 0.1) is 14.2 Å². The topological polar surface area (TPSA) is 79.2 Å². The molecule has 0 heterocycles. The van der Waals surface area contributed by atoms with Gasteiger partial charge in [-0.05, 0) is 17.5 Å². The van der Waals surface area contributed by atoms with Gasteiger partial charge in [-0.25, -0.2) is 0 Å². The number of phenolic OH excluding ortho intramolecular Hbond substituents is 3. The number of phenols is 3. The molecule has 0 aliphatic rings. The molecule has 5 heteroatoms. The van der Waals surface area contributed by atoms with Gasteiger partial charge in [-0.1, -0.05) is 6.07 Å². The molecule has 3 aromatic rings. The largest absolute Gasteiger partial charge is 0.507 e. The standard InChI is InChI=1S/C16H14O5/c1-20-9-5-8-3-4-10-15(14(8)11(17)6-9)13(21-2)7-12(18)16(10)19/h3-7,17-19H,1-2H3. The van der Waals surface area contributed by atoms with Crippen molar-refractivity contribution in [3.63, 3.8) is 0 Å². The Hall–Kier alpha value is -2.82. The van der Waals surface area contributed by atoms with E-state index in [1.807, 2.05) is 0 Å². The predicted octanol–water partition coefficient (Wildman–Crippen LogP) is 3.13. The second kappa shape index (κ2) is 4.63. The minimum Gasteiger partial charge on any atom is -0.507 e. The predicted molar refractivity (Wildman–Crippen MR) is 79.6 cm³/mol. The molecule has 0 saturated carbocycles. The molecule has 0 bridgehead atoms. The molecular weight excluding hydrogens is 272 g/mol. The second-order valence-electron chi connectivity index (χ2n) is 4.68. The molecule has 0 fully saturated rings. The molecular formula is C16H14O5. The molecule has 0 saturated heterocycles. The first-order chi connectivity index (χ1) is 10.1. The van der Waals surface area contributed by atoms with Crippen LogP contribution in [0.25, 0.3) is 21.5 Å². The van der Waals surface area contributed by atoms with Crippen molar-refractivity contribution in [1.82, 2.24) is 0 Å². The normalized spacial score (nSPS) is 11.0. The highest BCUT2D eigenvalue weighted by atomic mass is 16.5. The van der Waals surface area contributed by atoms with Gasteiger partial charge < -0.3 is 24.8 Å². The SMILES string of the molecule is COc1cc(O)c2c(ccc3c(O)c(O)cc(OC)c32)c1. The Morgan fingerprint density at radius 2 is 1.57 bits per heavy atom. The summed E-state index contributed by atoms with van der Waals surface area (Å²) in [4.78, 5) is 0. The van der Waals surface area contributed by atoms with Crippen LogP contribution in [-0.4, -0.2) is 29.5 Å². The highest BCUT2D eigenvalue weighted by Crippen LogP contribution is 2.46. The van der Waals surface area contributed by atoms with Crippen LogP contribution in [0.15, 0.2) is 30.3 Å². The van der Waals surface area contributed by atoms with Crippen LogP contribution in [0.4, 0.5) is 0 Å². The minimum absolute atomic E-state index is 0.0124. The van der Waals surface area contributed by atoms with E-state index in [2.05, 4.69) is 0 Å². The highest BCUT2D eigenvalue weighted by molar-refractivity contribution is 6.15. The van der Waals surface area contributed by atoms with E-state index in [-0.39, 0.29) is 17.2 Å². The monoisotopic (exact) mass is 286 g/mol. The van der Waals surface area contributed by atoms with Gasteiger partial charge in [-0.15, -0.1) is 0 Å². The van der Waals surface area contributed by atoms with Gasteiger partial charge in [-0.3, -0.25) is 0 Å². The zero-order valence-electron chi connectivity index (χ0n) is 11.5. The molecule has 21 heavy (non-hydrogen) atoms. The minimum atomic E-state index is -0.272. The van der Waals surface area contributed by atoms with Gasteiger partial charge in [0, 0.05) is 28.3 Å². The summed E-state index contributed by atoms with van der Waals surface area (Å²) in [5.41, 5.74) is 0. The van der Waals surface area contributed by atoms with Crippen LogP contribution in [0, 0.1) is 0 Å². The summed E-state index contributed by atoms with van der Waals surface area (Å²) in [6.07, 6.45) is 0. The molecule has 0 radical (unpaired) electrons. The molecule has 0 aliphatic heterocycles. The number of ether oxygens (including phenoxy) is 2. The molecule has 5 nitrogen and oxygen atoms in total. The third-order valence-corrected chi connectivity index (χ3v) is 3.54. The number of rotatable bonds is 2. The van der Waals surface area contributed by atoms with Crippen LogP contribution in [-0.2, 0) is 0 Å². The number of fused-ring (bicyclic) bond motifs is 3. The maximum absolute atomic E-state index is 10.3. The van der Waals surface area contributed by atoms with E-state index in [4.69, 9.17) is 9.47 Å². The summed E-state index contributed by atoms with van der Waals surface area (Å²) in [7, 11) is 2.98. The lowest BCUT2D eigenvalue weighted by atomic mass is 9.99. The van der Waals surface area contributed by atoms with Crippen molar-refractivity contribution in [2.45, 2.75) is 0 Å². The Kier molecular flexibility index (Phi) is 2.90. The van der Waals surface area contributed by atoms with Gasteiger partial charge in [0.1, 0.15) is 17.2 Å². The summed E-state index contributed by atoms with van der Waals surface area (Å²) in [5, 5.41) is 32.2. The zero-order valence-corrected chi connectivity index (χ0v) is 11.5. The first kappa shape index (κ1) is 13.2. The van der Waals surface area contributed by atoms with Crippen molar-refractivity contribution in [3.8, 4) is 28.7 Å². The van der Waals surface area contributed by atoms with Gasteiger partial charge >= 0.3 is 0 Å². The van der Waals surface area contributed by atoms with E-state index in [1.165, 1.54) is 26.4 Å². The number of hydrogen-bond acceptors (Lipinski definition) is 5. The Morgan fingerprint density at radius 3 is 2.24 bits per heavy atom. The van der Waals surface area contributed by atoms with E-state index in [0.29, 0.717) is 27.7 Å². The molecule has 0 spiro atoms. The van der Waals surface area contributed by atoms with Gasteiger partial charge in [0.25, 0.3) is 0 Å². The third kappa shape index (κ3) is 1.86. The molecule has 0 unspecified atom stereocenters. The lowest BCUT2D eigenvalue weighted by molar-refractivity contribution is 0.393. The number of hydrogen-bond donors (Lipinski definition) is 3. The van der Waals surface area contributed by atoms with Crippen molar-refractivity contribution in [3.05, 3.63) is 30.3 Å². The van der Waals surface area contributed by atoms with Crippen LogP contribution in [0.5, 0.6) is 28.7 Å². The second-order valence-corrected chi connectivity index (χ2v) is 4.68. The van der Waals surface area contributed by atoms with Crippen molar-refractivity contribution >= 4 is 21.5 Å². The van der Waals surface area contributed by atoms with Crippen LogP contribution < -0.4 is 9.47 Å². The fourth-order valence-corrected chi connectivity index (χ4v) is 2.55. The van der Waals surface area contributed by atoms with Crippen LogP contribution in [0.1, 0.15) is 0 Å². The summed E-state index contributed by atoms with van der Waals surface area (Å²) < 4.78 is 10.4. The first-order valence-corrected chi connectivity index (χ1v) is 6.29. The summed E-state index contributed by atoms with van der Waals surface area (Å²) >= 11 is 0. The molecule has 108 valence electrons. The number of methoxy groups -OCH3 is 2. The molecule has 0 aromatic heterocycles. The van der Waals surface area contributed by atoms with Crippen molar-refractivity contribution in [2.24, 2.45) is 0 Å². The average molecular weight is 286 g/mol. The first-order valence-electron chi connectivity index (χ1n) is 6.29. The fraction of sp³-hybridized carbons (Fsp3) is 0.125. The van der Waals surface area contributed by atoms with Crippen LogP contribution in [0.2, 0.25) is 0 Å². The fourth-order valence-electron chi connectivity index (χ4n) is 2.55.